The molecule has 19 heavy (non-hydrogen) atoms. The molecule has 0 saturated carbocycles. The minimum Gasteiger partial charge on any atom is -0.480 e. The van der Waals surface area contributed by atoms with E-state index in [2.05, 4.69) is 37.2 Å². The number of carbonyl (C=O) groups excluding carboxylic acids is 1. The minimum absolute atomic E-state index is 0.392. The zero-order chi connectivity index (χ0) is 14.4. The van der Waals surface area contributed by atoms with Gasteiger partial charge in [-0.05, 0) is 40.5 Å². The number of halogens is 2. The molecule has 4 nitrogen and oxygen atoms in total. The van der Waals surface area contributed by atoms with Crippen LogP contribution in [0.15, 0.2) is 27.1 Å². The Labute approximate surface area is 128 Å². The normalized spacial score (nSPS) is 11.9. The average Bonchev–Trinajstić information content (AvgIpc) is 2.36. The van der Waals surface area contributed by atoms with Gasteiger partial charge in [0.05, 0.1) is 5.56 Å². The van der Waals surface area contributed by atoms with Crippen LogP contribution in [-0.4, -0.2) is 23.0 Å². The number of rotatable bonds is 6. The van der Waals surface area contributed by atoms with Gasteiger partial charge in [-0.15, -0.1) is 0 Å². The number of hydrogen-bond acceptors (Lipinski definition) is 2. The zero-order valence-corrected chi connectivity index (χ0v) is 13.6. The lowest BCUT2D eigenvalue weighted by Crippen LogP contribution is -2.40. The van der Waals surface area contributed by atoms with Gasteiger partial charge in [0.15, 0.2) is 0 Å². The number of amides is 1. The van der Waals surface area contributed by atoms with E-state index in [4.69, 9.17) is 5.11 Å². The van der Waals surface area contributed by atoms with Crippen LogP contribution >= 0.6 is 31.9 Å². The smallest absolute Gasteiger partial charge is 0.326 e. The highest BCUT2D eigenvalue weighted by Gasteiger charge is 2.21. The van der Waals surface area contributed by atoms with Crippen molar-refractivity contribution in [1.82, 2.24) is 5.32 Å². The van der Waals surface area contributed by atoms with E-state index in [-0.39, 0.29) is 0 Å². The predicted octanol–water partition coefficient (Wildman–Crippen LogP) is 3.58. The van der Waals surface area contributed by atoms with Gasteiger partial charge in [-0.3, -0.25) is 4.79 Å². The Morgan fingerprint density at radius 2 is 2.05 bits per heavy atom. The third-order valence-corrected chi connectivity index (χ3v) is 3.81. The Hall–Kier alpha value is -0.880. The second-order valence-corrected chi connectivity index (χ2v) is 5.90. The first kappa shape index (κ1) is 16.2. The van der Waals surface area contributed by atoms with Crippen molar-refractivity contribution in [3.05, 3.63) is 32.7 Å². The summed E-state index contributed by atoms with van der Waals surface area (Å²) in [6.45, 7) is 1.98. The van der Waals surface area contributed by atoms with Crippen molar-refractivity contribution in [1.29, 1.82) is 0 Å². The standard InChI is InChI=1S/C13H15Br2NO3/c1-2-3-4-11(13(18)19)16-12(17)9-7-8(14)5-6-10(9)15/h5-7,11H,2-4H2,1H3,(H,16,17)(H,18,19)/t11-/m0/s1. The molecule has 0 aromatic heterocycles. The fraction of sp³-hybridized carbons (Fsp3) is 0.385. The van der Waals surface area contributed by atoms with Crippen LogP contribution < -0.4 is 5.32 Å². The van der Waals surface area contributed by atoms with Crippen LogP contribution in [0.1, 0.15) is 36.5 Å². The molecule has 0 fully saturated rings. The van der Waals surface area contributed by atoms with Crippen LogP contribution in [-0.2, 0) is 4.79 Å². The molecule has 0 saturated heterocycles. The first-order chi connectivity index (χ1) is 8.95. The monoisotopic (exact) mass is 391 g/mol. The van der Waals surface area contributed by atoms with E-state index in [1.54, 1.807) is 18.2 Å². The maximum atomic E-state index is 12.1. The molecule has 0 aliphatic rings. The number of nitrogens with one attached hydrogen (secondary N) is 1. The Morgan fingerprint density at radius 3 is 2.63 bits per heavy atom. The summed E-state index contributed by atoms with van der Waals surface area (Å²) in [5, 5.41) is 11.6. The molecule has 0 bridgehead atoms. The quantitative estimate of drug-likeness (QED) is 0.777. The van der Waals surface area contributed by atoms with Crippen molar-refractivity contribution in [3.8, 4) is 0 Å². The first-order valence-corrected chi connectivity index (χ1v) is 7.53. The summed E-state index contributed by atoms with van der Waals surface area (Å²) in [6.07, 6.45) is 2.08. The minimum atomic E-state index is -1.01. The molecule has 1 atom stereocenters. The highest BCUT2D eigenvalue weighted by Crippen LogP contribution is 2.21. The molecule has 104 valence electrons. The van der Waals surface area contributed by atoms with Crippen molar-refractivity contribution >= 4 is 43.7 Å². The van der Waals surface area contributed by atoms with E-state index in [9.17, 15) is 9.59 Å². The van der Waals surface area contributed by atoms with Crippen LogP contribution in [0.25, 0.3) is 0 Å². The fourth-order valence-corrected chi connectivity index (χ4v) is 2.36. The largest absolute Gasteiger partial charge is 0.480 e. The highest BCUT2D eigenvalue weighted by molar-refractivity contribution is 9.11. The van der Waals surface area contributed by atoms with Gasteiger partial charge in [-0.2, -0.15) is 0 Å². The summed E-state index contributed by atoms with van der Waals surface area (Å²) >= 11 is 6.57. The van der Waals surface area contributed by atoms with Crippen molar-refractivity contribution in [2.75, 3.05) is 0 Å². The maximum absolute atomic E-state index is 12.1. The van der Waals surface area contributed by atoms with Crippen LogP contribution in [0.3, 0.4) is 0 Å². The maximum Gasteiger partial charge on any atom is 0.326 e. The van der Waals surface area contributed by atoms with Gasteiger partial charge in [0, 0.05) is 8.95 Å². The van der Waals surface area contributed by atoms with Gasteiger partial charge in [0.2, 0.25) is 0 Å². The Morgan fingerprint density at radius 1 is 1.37 bits per heavy atom. The van der Waals surface area contributed by atoms with Gasteiger partial charge >= 0.3 is 5.97 Å². The molecular weight excluding hydrogens is 378 g/mol. The van der Waals surface area contributed by atoms with E-state index in [1.165, 1.54) is 0 Å². The molecule has 1 aromatic carbocycles. The van der Waals surface area contributed by atoms with Gasteiger partial charge in [0.25, 0.3) is 5.91 Å². The van der Waals surface area contributed by atoms with Crippen molar-refractivity contribution in [3.63, 3.8) is 0 Å². The number of carboxylic acid groups (broad SMARTS) is 1. The van der Waals surface area contributed by atoms with Crippen molar-refractivity contribution < 1.29 is 14.7 Å². The molecule has 2 N–H and O–H groups in total. The van der Waals surface area contributed by atoms with Crippen molar-refractivity contribution in [2.24, 2.45) is 0 Å². The van der Waals surface area contributed by atoms with Crippen LogP contribution in [0.2, 0.25) is 0 Å². The second kappa shape index (κ2) is 7.65. The SMILES string of the molecule is CCCC[C@H](NC(=O)c1cc(Br)ccc1Br)C(=O)O. The Kier molecular flexibility index (Phi) is 6.51. The molecular formula is C13H15Br2NO3. The third kappa shape index (κ3) is 4.95. The number of benzene rings is 1. The van der Waals surface area contributed by atoms with Gasteiger partial charge < -0.3 is 10.4 Å². The third-order valence-electron chi connectivity index (χ3n) is 2.62. The summed E-state index contributed by atoms with van der Waals surface area (Å²) in [5.41, 5.74) is 0.414. The number of aliphatic carboxylic acids is 1. The Balaban J connectivity index is 2.81. The molecule has 1 amide bonds. The lowest BCUT2D eigenvalue weighted by Gasteiger charge is -2.14. The van der Waals surface area contributed by atoms with Crippen molar-refractivity contribution in [2.45, 2.75) is 32.2 Å². The van der Waals surface area contributed by atoms with E-state index in [0.717, 1.165) is 17.3 Å². The zero-order valence-electron chi connectivity index (χ0n) is 10.5. The number of hydrogen-bond donors (Lipinski definition) is 2. The molecule has 0 aliphatic carbocycles. The van der Waals surface area contributed by atoms with Crippen LogP contribution in [0, 0.1) is 0 Å². The molecule has 0 aliphatic heterocycles. The first-order valence-electron chi connectivity index (χ1n) is 5.94. The van der Waals surface area contributed by atoms with E-state index < -0.39 is 17.9 Å². The molecule has 0 spiro atoms. The summed E-state index contributed by atoms with van der Waals surface area (Å²) in [4.78, 5) is 23.2. The number of unbranched alkanes of at least 4 members (excludes halogenated alkanes) is 1. The predicted molar refractivity (Wildman–Crippen MR) is 80.3 cm³/mol. The van der Waals surface area contributed by atoms with Gasteiger partial charge in [-0.25, -0.2) is 4.79 Å². The average molecular weight is 393 g/mol. The molecule has 1 rings (SSSR count). The lowest BCUT2D eigenvalue weighted by atomic mass is 10.1. The molecule has 6 heteroatoms. The van der Waals surface area contributed by atoms with Crippen LogP contribution in [0.5, 0.6) is 0 Å². The van der Waals surface area contributed by atoms with E-state index >= 15 is 0 Å². The number of carbonyl (C=O) groups is 2. The lowest BCUT2D eigenvalue weighted by molar-refractivity contribution is -0.139. The van der Waals surface area contributed by atoms with Gasteiger partial charge in [0.1, 0.15) is 6.04 Å². The van der Waals surface area contributed by atoms with E-state index in [0.29, 0.717) is 16.5 Å². The fourth-order valence-electron chi connectivity index (χ4n) is 1.57. The topological polar surface area (TPSA) is 66.4 Å². The summed E-state index contributed by atoms with van der Waals surface area (Å²) < 4.78 is 1.40. The molecule has 1 aromatic rings. The highest BCUT2D eigenvalue weighted by atomic mass is 79.9. The summed E-state index contributed by atoms with van der Waals surface area (Å²) in [5.74, 6) is -1.40. The number of carboxylic acids is 1. The van der Waals surface area contributed by atoms with E-state index in [1.807, 2.05) is 6.92 Å². The van der Waals surface area contributed by atoms with Crippen LogP contribution in [0.4, 0.5) is 0 Å². The summed E-state index contributed by atoms with van der Waals surface area (Å²) in [6, 6.07) is 4.34. The molecule has 0 heterocycles. The van der Waals surface area contributed by atoms with Gasteiger partial charge in [-0.1, -0.05) is 35.7 Å². The second-order valence-electron chi connectivity index (χ2n) is 4.13. The molecule has 0 unspecified atom stereocenters. The summed E-state index contributed by atoms with van der Waals surface area (Å²) in [7, 11) is 0. The Bertz CT molecular complexity index is 477. The molecule has 0 radical (unpaired) electrons.